The number of carbonyl (C=O) groups is 1. The zero-order chi connectivity index (χ0) is 17.1. The molecule has 126 valence electrons. The van der Waals surface area contributed by atoms with E-state index in [2.05, 4.69) is 20.2 Å². The van der Waals surface area contributed by atoms with Gasteiger partial charge in [-0.25, -0.2) is 9.97 Å². The van der Waals surface area contributed by atoms with Crippen molar-refractivity contribution in [3.8, 4) is 0 Å². The van der Waals surface area contributed by atoms with Gasteiger partial charge in [0.1, 0.15) is 0 Å². The molecule has 5 nitrogen and oxygen atoms in total. The van der Waals surface area contributed by atoms with Crippen LogP contribution in [0.3, 0.4) is 0 Å². The van der Waals surface area contributed by atoms with Crippen LogP contribution in [0, 0.1) is 20.8 Å². The lowest BCUT2D eigenvalue weighted by molar-refractivity contribution is 0.0949. The van der Waals surface area contributed by atoms with Crippen LogP contribution in [-0.4, -0.2) is 29.0 Å². The van der Waals surface area contributed by atoms with Crippen molar-refractivity contribution in [2.75, 3.05) is 18.0 Å². The SMILES string of the molecule is Cc1ccc(C)c(C(=O)NCc2cc(C)nc(N3CCCC3)n2)c1. The fraction of sp³-hybridized carbons (Fsp3) is 0.421. The number of anilines is 1. The summed E-state index contributed by atoms with van der Waals surface area (Å²) in [6.07, 6.45) is 2.38. The van der Waals surface area contributed by atoms with Crippen LogP contribution >= 0.6 is 0 Å². The van der Waals surface area contributed by atoms with Gasteiger partial charge in [0.15, 0.2) is 0 Å². The first-order valence-corrected chi connectivity index (χ1v) is 8.48. The summed E-state index contributed by atoms with van der Waals surface area (Å²) in [5.74, 6) is 0.721. The fourth-order valence-corrected chi connectivity index (χ4v) is 3.01. The molecule has 1 aromatic carbocycles. The van der Waals surface area contributed by atoms with E-state index in [4.69, 9.17) is 0 Å². The van der Waals surface area contributed by atoms with E-state index in [1.165, 1.54) is 12.8 Å². The summed E-state index contributed by atoms with van der Waals surface area (Å²) in [5.41, 5.74) is 4.57. The van der Waals surface area contributed by atoms with Gasteiger partial charge in [0.2, 0.25) is 5.95 Å². The Hall–Kier alpha value is -2.43. The minimum atomic E-state index is -0.0600. The summed E-state index contributed by atoms with van der Waals surface area (Å²) in [6.45, 7) is 8.35. The van der Waals surface area contributed by atoms with Crippen LogP contribution in [0.4, 0.5) is 5.95 Å². The Kier molecular flexibility index (Phi) is 4.79. The molecule has 1 fully saturated rings. The number of carbonyl (C=O) groups excluding carboxylic acids is 1. The largest absolute Gasteiger partial charge is 0.346 e. The maximum absolute atomic E-state index is 12.5. The van der Waals surface area contributed by atoms with Gasteiger partial charge >= 0.3 is 0 Å². The molecule has 1 aromatic heterocycles. The summed E-state index contributed by atoms with van der Waals surface area (Å²) >= 11 is 0. The third kappa shape index (κ3) is 3.72. The van der Waals surface area contributed by atoms with Crippen molar-refractivity contribution < 1.29 is 4.79 Å². The number of rotatable bonds is 4. The Labute approximate surface area is 143 Å². The topological polar surface area (TPSA) is 58.1 Å². The Morgan fingerprint density at radius 2 is 1.88 bits per heavy atom. The van der Waals surface area contributed by atoms with Gasteiger partial charge in [0, 0.05) is 24.3 Å². The van der Waals surface area contributed by atoms with Crippen LogP contribution in [-0.2, 0) is 6.54 Å². The Balaban J connectivity index is 1.72. The monoisotopic (exact) mass is 324 g/mol. The van der Waals surface area contributed by atoms with E-state index >= 15 is 0 Å². The quantitative estimate of drug-likeness (QED) is 0.939. The second kappa shape index (κ2) is 6.99. The van der Waals surface area contributed by atoms with Crippen LogP contribution in [0.5, 0.6) is 0 Å². The summed E-state index contributed by atoms with van der Waals surface area (Å²) in [7, 11) is 0. The van der Waals surface area contributed by atoms with Gasteiger partial charge in [-0.2, -0.15) is 0 Å². The molecule has 1 N–H and O–H groups in total. The molecule has 5 heteroatoms. The van der Waals surface area contributed by atoms with Crippen LogP contribution in [0.1, 0.15) is 45.7 Å². The average Bonchev–Trinajstić information content (AvgIpc) is 3.09. The fourth-order valence-electron chi connectivity index (χ4n) is 3.01. The van der Waals surface area contributed by atoms with Crippen molar-refractivity contribution in [1.82, 2.24) is 15.3 Å². The predicted octanol–water partition coefficient (Wildman–Crippen LogP) is 2.93. The molecule has 0 spiro atoms. The lowest BCUT2D eigenvalue weighted by Crippen LogP contribution is -2.26. The van der Waals surface area contributed by atoms with E-state index in [1.807, 2.05) is 45.0 Å². The van der Waals surface area contributed by atoms with Gasteiger partial charge in [0.25, 0.3) is 5.91 Å². The average molecular weight is 324 g/mol. The summed E-state index contributed by atoms with van der Waals surface area (Å²) in [6, 6.07) is 7.85. The van der Waals surface area contributed by atoms with Crippen molar-refractivity contribution in [1.29, 1.82) is 0 Å². The maximum atomic E-state index is 12.5. The number of hydrogen-bond donors (Lipinski definition) is 1. The second-order valence-corrected chi connectivity index (χ2v) is 6.50. The molecule has 0 saturated carbocycles. The van der Waals surface area contributed by atoms with Gasteiger partial charge in [-0.05, 0) is 51.3 Å². The normalized spacial score (nSPS) is 14.0. The van der Waals surface area contributed by atoms with Gasteiger partial charge in [-0.3, -0.25) is 4.79 Å². The van der Waals surface area contributed by atoms with Crippen LogP contribution in [0.15, 0.2) is 24.3 Å². The number of amides is 1. The van der Waals surface area contributed by atoms with E-state index in [0.717, 1.165) is 47.1 Å². The number of hydrogen-bond acceptors (Lipinski definition) is 4. The highest BCUT2D eigenvalue weighted by atomic mass is 16.1. The molecular formula is C19H24N4O. The van der Waals surface area contributed by atoms with E-state index in [1.54, 1.807) is 0 Å². The molecule has 1 amide bonds. The zero-order valence-corrected chi connectivity index (χ0v) is 14.6. The summed E-state index contributed by atoms with van der Waals surface area (Å²) in [5, 5.41) is 2.98. The molecule has 0 bridgehead atoms. The minimum absolute atomic E-state index is 0.0600. The Morgan fingerprint density at radius 1 is 1.12 bits per heavy atom. The van der Waals surface area contributed by atoms with Crippen LogP contribution in [0.2, 0.25) is 0 Å². The van der Waals surface area contributed by atoms with Crippen molar-refractivity contribution in [3.05, 3.63) is 52.3 Å². The predicted molar refractivity (Wildman–Crippen MR) is 95.3 cm³/mol. The third-order valence-electron chi connectivity index (χ3n) is 4.35. The molecule has 0 aliphatic carbocycles. The molecule has 0 atom stereocenters. The highest BCUT2D eigenvalue weighted by Gasteiger charge is 2.16. The molecule has 2 heterocycles. The molecule has 1 saturated heterocycles. The molecule has 1 aliphatic rings. The lowest BCUT2D eigenvalue weighted by atomic mass is 10.1. The van der Waals surface area contributed by atoms with Crippen LogP contribution in [0.25, 0.3) is 0 Å². The zero-order valence-electron chi connectivity index (χ0n) is 14.6. The standard InChI is InChI=1S/C19H24N4O/c1-13-6-7-14(2)17(10-13)18(24)20-12-16-11-15(3)21-19(22-16)23-8-4-5-9-23/h6-7,10-11H,4-5,8-9,12H2,1-3H3,(H,20,24). The van der Waals surface area contributed by atoms with Crippen molar-refractivity contribution >= 4 is 11.9 Å². The van der Waals surface area contributed by atoms with Crippen molar-refractivity contribution in [3.63, 3.8) is 0 Å². The Bertz CT molecular complexity index is 751. The second-order valence-electron chi connectivity index (χ2n) is 6.50. The number of aryl methyl sites for hydroxylation is 3. The summed E-state index contributed by atoms with van der Waals surface area (Å²) in [4.78, 5) is 23.8. The molecule has 1 aliphatic heterocycles. The van der Waals surface area contributed by atoms with E-state index in [-0.39, 0.29) is 5.91 Å². The van der Waals surface area contributed by atoms with E-state index in [0.29, 0.717) is 6.54 Å². The van der Waals surface area contributed by atoms with Crippen LogP contribution < -0.4 is 10.2 Å². The first kappa shape index (κ1) is 16.4. The smallest absolute Gasteiger partial charge is 0.251 e. The van der Waals surface area contributed by atoms with E-state index < -0.39 is 0 Å². The molecule has 0 radical (unpaired) electrons. The first-order chi connectivity index (χ1) is 11.5. The van der Waals surface area contributed by atoms with Gasteiger partial charge in [0.05, 0.1) is 12.2 Å². The van der Waals surface area contributed by atoms with Gasteiger partial charge in [-0.1, -0.05) is 17.7 Å². The molecule has 24 heavy (non-hydrogen) atoms. The number of nitrogens with zero attached hydrogens (tertiary/aromatic N) is 3. The molecule has 0 unspecified atom stereocenters. The molecular weight excluding hydrogens is 300 g/mol. The third-order valence-corrected chi connectivity index (χ3v) is 4.35. The lowest BCUT2D eigenvalue weighted by Gasteiger charge is -2.16. The molecule has 3 rings (SSSR count). The van der Waals surface area contributed by atoms with Gasteiger partial charge in [-0.15, -0.1) is 0 Å². The minimum Gasteiger partial charge on any atom is -0.346 e. The highest BCUT2D eigenvalue weighted by molar-refractivity contribution is 5.95. The maximum Gasteiger partial charge on any atom is 0.251 e. The number of nitrogens with one attached hydrogen (secondary N) is 1. The Morgan fingerprint density at radius 3 is 2.62 bits per heavy atom. The summed E-state index contributed by atoms with van der Waals surface area (Å²) < 4.78 is 0. The molecule has 2 aromatic rings. The number of benzene rings is 1. The first-order valence-electron chi connectivity index (χ1n) is 8.48. The number of aromatic nitrogens is 2. The van der Waals surface area contributed by atoms with Crippen molar-refractivity contribution in [2.24, 2.45) is 0 Å². The van der Waals surface area contributed by atoms with E-state index in [9.17, 15) is 4.79 Å². The van der Waals surface area contributed by atoms with Crippen molar-refractivity contribution in [2.45, 2.75) is 40.2 Å². The highest BCUT2D eigenvalue weighted by Crippen LogP contribution is 2.17. The van der Waals surface area contributed by atoms with Gasteiger partial charge < -0.3 is 10.2 Å².